The number of aromatic nitrogens is 3. The second kappa shape index (κ2) is 9.76. The molecule has 9 heteroatoms. The van der Waals surface area contributed by atoms with Gasteiger partial charge in [0.1, 0.15) is 17.4 Å². The van der Waals surface area contributed by atoms with Gasteiger partial charge in [0.15, 0.2) is 5.65 Å². The number of halogens is 2. The summed E-state index contributed by atoms with van der Waals surface area (Å²) in [7, 11) is 0. The normalized spacial score (nSPS) is 16.1. The van der Waals surface area contributed by atoms with Crippen LogP contribution in [0.25, 0.3) is 28.0 Å². The maximum absolute atomic E-state index is 15.1. The Bertz CT molecular complexity index is 1550. The number of hydrogen-bond donors (Lipinski definition) is 2. The van der Waals surface area contributed by atoms with Gasteiger partial charge < -0.3 is 15.3 Å². The van der Waals surface area contributed by atoms with Gasteiger partial charge >= 0.3 is 5.69 Å². The van der Waals surface area contributed by atoms with Crippen LogP contribution in [-0.2, 0) is 0 Å². The zero-order valence-electron chi connectivity index (χ0n) is 21.2. The summed E-state index contributed by atoms with van der Waals surface area (Å²) in [5.74, 6) is -0.307. The summed E-state index contributed by atoms with van der Waals surface area (Å²) >= 11 is 6.70. The van der Waals surface area contributed by atoms with Crippen LogP contribution >= 0.6 is 11.6 Å². The van der Waals surface area contributed by atoms with Crippen LogP contribution in [-0.4, -0.2) is 45.3 Å². The number of phenols is 1. The lowest BCUT2D eigenvalue weighted by molar-refractivity contribution is 0.471. The first-order chi connectivity index (χ1) is 17.7. The zero-order chi connectivity index (χ0) is 26.4. The predicted octanol–water partition coefficient (Wildman–Crippen LogP) is 5.18. The number of aromatic hydroxyl groups is 1. The van der Waals surface area contributed by atoms with Gasteiger partial charge in [0.25, 0.3) is 0 Å². The summed E-state index contributed by atoms with van der Waals surface area (Å²) in [5.41, 5.74) is 1.92. The Balaban J connectivity index is 1.89. The number of para-hydroxylation sites is 1. The van der Waals surface area contributed by atoms with Crippen LogP contribution in [0.4, 0.5) is 10.2 Å². The van der Waals surface area contributed by atoms with Crippen molar-refractivity contribution in [2.45, 2.75) is 39.7 Å². The fraction of sp³-hybridized carbons (Fsp3) is 0.321. The van der Waals surface area contributed by atoms with E-state index < -0.39 is 11.5 Å². The van der Waals surface area contributed by atoms with Gasteiger partial charge in [-0.2, -0.15) is 4.98 Å². The molecular weight excluding hydrogens is 493 g/mol. The molecule has 1 atom stereocenters. The molecule has 37 heavy (non-hydrogen) atoms. The number of piperazine rings is 1. The quantitative estimate of drug-likeness (QED) is 0.385. The molecule has 0 bridgehead atoms. The average molecular weight is 522 g/mol. The minimum absolute atomic E-state index is 0.0601. The van der Waals surface area contributed by atoms with Crippen molar-refractivity contribution in [2.75, 3.05) is 24.5 Å². The predicted molar refractivity (Wildman–Crippen MR) is 146 cm³/mol. The number of hydrogen-bond acceptors (Lipinski definition) is 6. The number of benzene rings is 2. The molecule has 4 aromatic rings. The first-order valence-corrected chi connectivity index (χ1v) is 12.7. The molecule has 3 heterocycles. The summed E-state index contributed by atoms with van der Waals surface area (Å²) in [6.07, 6.45) is 0. The topological polar surface area (TPSA) is 83.3 Å². The second-order valence-electron chi connectivity index (χ2n) is 9.84. The molecule has 7 nitrogen and oxygen atoms in total. The van der Waals surface area contributed by atoms with E-state index in [4.69, 9.17) is 16.6 Å². The molecule has 192 valence electrons. The number of fused-ring (bicyclic) bond motifs is 1. The Hall–Kier alpha value is -3.49. The maximum Gasteiger partial charge on any atom is 0.355 e. The van der Waals surface area contributed by atoms with Crippen LogP contribution in [0.5, 0.6) is 5.75 Å². The number of phenolic OH excluding ortho intramolecular Hbond substituents is 1. The van der Waals surface area contributed by atoms with Crippen molar-refractivity contribution in [1.82, 2.24) is 19.9 Å². The summed E-state index contributed by atoms with van der Waals surface area (Å²) in [6.45, 7) is 9.98. The van der Waals surface area contributed by atoms with E-state index in [0.29, 0.717) is 34.6 Å². The van der Waals surface area contributed by atoms with Crippen molar-refractivity contribution in [3.05, 3.63) is 74.9 Å². The molecule has 1 aliphatic heterocycles. The molecule has 0 unspecified atom stereocenters. The first kappa shape index (κ1) is 25.2. The molecule has 0 radical (unpaired) electrons. The highest BCUT2D eigenvalue weighted by atomic mass is 35.5. The number of nitrogens with one attached hydrogen (secondary N) is 1. The van der Waals surface area contributed by atoms with Crippen LogP contribution < -0.4 is 15.9 Å². The number of pyridine rings is 1. The highest BCUT2D eigenvalue weighted by Crippen LogP contribution is 2.39. The van der Waals surface area contributed by atoms with E-state index in [1.807, 2.05) is 38.1 Å². The van der Waals surface area contributed by atoms with Gasteiger partial charge in [-0.3, -0.25) is 0 Å². The average Bonchev–Trinajstić information content (AvgIpc) is 2.84. The highest BCUT2D eigenvalue weighted by Gasteiger charge is 2.27. The van der Waals surface area contributed by atoms with Crippen molar-refractivity contribution in [3.63, 3.8) is 0 Å². The molecule has 1 aliphatic rings. The van der Waals surface area contributed by atoms with Crippen molar-refractivity contribution < 1.29 is 9.50 Å². The third-order valence-electron chi connectivity index (χ3n) is 6.82. The van der Waals surface area contributed by atoms with E-state index in [2.05, 4.69) is 22.1 Å². The summed E-state index contributed by atoms with van der Waals surface area (Å²) in [6, 6.07) is 12.1. The van der Waals surface area contributed by atoms with Crippen LogP contribution in [0.3, 0.4) is 0 Å². The molecule has 0 aliphatic carbocycles. The standard InChI is InChI=1S/C28H29ClFN5O2/c1-15(2)18-7-5-6-8-22(18)35-27-19(26(33-28(35)37)34-10-9-31-14-17(34)4)13-20(29)25(32-27)24-21(30)11-16(3)12-23(24)36/h5-8,11-13,15,17,31,36H,9-10,14H2,1-4H3/t17-/m0/s1. The molecule has 0 saturated carbocycles. The van der Waals surface area contributed by atoms with E-state index in [1.165, 1.54) is 16.7 Å². The smallest absolute Gasteiger partial charge is 0.355 e. The lowest BCUT2D eigenvalue weighted by Gasteiger charge is -2.35. The summed E-state index contributed by atoms with van der Waals surface area (Å²) in [4.78, 5) is 25.1. The molecule has 5 rings (SSSR count). The van der Waals surface area contributed by atoms with E-state index in [0.717, 1.165) is 18.7 Å². The minimum Gasteiger partial charge on any atom is -0.507 e. The molecule has 2 N–H and O–H groups in total. The molecule has 0 amide bonds. The monoisotopic (exact) mass is 521 g/mol. The van der Waals surface area contributed by atoms with Crippen LogP contribution in [0.15, 0.2) is 47.3 Å². The zero-order valence-corrected chi connectivity index (χ0v) is 22.0. The van der Waals surface area contributed by atoms with Gasteiger partial charge in [-0.15, -0.1) is 0 Å². The van der Waals surface area contributed by atoms with Crippen LogP contribution in [0.1, 0.15) is 37.8 Å². The third-order valence-corrected chi connectivity index (χ3v) is 7.11. The van der Waals surface area contributed by atoms with Gasteiger partial charge in [0.2, 0.25) is 0 Å². The fourth-order valence-electron chi connectivity index (χ4n) is 5.01. The SMILES string of the molecule is Cc1cc(O)c(-c2nc3c(cc2Cl)c(N2CCNC[C@@H]2C)nc(=O)n3-c2ccccc2C(C)C)c(F)c1. The van der Waals surface area contributed by atoms with Gasteiger partial charge in [-0.25, -0.2) is 18.7 Å². The van der Waals surface area contributed by atoms with Gasteiger partial charge in [0, 0.05) is 25.7 Å². The molecule has 0 spiro atoms. The largest absolute Gasteiger partial charge is 0.507 e. The van der Waals surface area contributed by atoms with Crippen LogP contribution in [0, 0.1) is 12.7 Å². The van der Waals surface area contributed by atoms with E-state index in [1.54, 1.807) is 13.0 Å². The second-order valence-corrected chi connectivity index (χ2v) is 10.3. The molecule has 2 aromatic carbocycles. The lowest BCUT2D eigenvalue weighted by Crippen LogP contribution is -2.50. The lowest BCUT2D eigenvalue weighted by atomic mass is 10.0. The summed E-state index contributed by atoms with van der Waals surface area (Å²) < 4.78 is 16.6. The van der Waals surface area contributed by atoms with E-state index in [9.17, 15) is 9.90 Å². The molecular formula is C28H29ClFN5O2. The molecule has 1 saturated heterocycles. The van der Waals surface area contributed by atoms with Crippen molar-refractivity contribution in [1.29, 1.82) is 0 Å². The Labute approximate surface area is 219 Å². The summed E-state index contributed by atoms with van der Waals surface area (Å²) in [5, 5.41) is 14.7. The Kier molecular flexibility index (Phi) is 6.64. The first-order valence-electron chi connectivity index (χ1n) is 12.4. The van der Waals surface area contributed by atoms with Gasteiger partial charge in [-0.1, -0.05) is 43.6 Å². The van der Waals surface area contributed by atoms with E-state index >= 15 is 4.39 Å². The van der Waals surface area contributed by atoms with Gasteiger partial charge in [-0.05, 0) is 55.2 Å². The minimum atomic E-state index is -0.646. The number of aryl methyl sites for hydroxylation is 1. The maximum atomic E-state index is 15.1. The Morgan fingerprint density at radius 2 is 1.95 bits per heavy atom. The number of rotatable bonds is 4. The molecule has 2 aromatic heterocycles. The molecule has 1 fully saturated rings. The van der Waals surface area contributed by atoms with Crippen molar-refractivity contribution in [3.8, 4) is 22.7 Å². The van der Waals surface area contributed by atoms with Crippen molar-refractivity contribution >= 4 is 28.5 Å². The van der Waals surface area contributed by atoms with Crippen molar-refractivity contribution in [2.24, 2.45) is 0 Å². The van der Waals surface area contributed by atoms with E-state index in [-0.39, 0.29) is 34.0 Å². The van der Waals surface area contributed by atoms with Gasteiger partial charge in [0.05, 0.1) is 27.4 Å². The van der Waals surface area contributed by atoms with Crippen LogP contribution in [0.2, 0.25) is 5.02 Å². The number of nitrogens with zero attached hydrogens (tertiary/aromatic N) is 4. The highest BCUT2D eigenvalue weighted by molar-refractivity contribution is 6.34. The Morgan fingerprint density at radius 3 is 2.65 bits per heavy atom. The fourth-order valence-corrected chi connectivity index (χ4v) is 5.26. The third kappa shape index (κ3) is 4.45. The Morgan fingerprint density at radius 1 is 1.19 bits per heavy atom. The number of anilines is 1.